The van der Waals surface area contributed by atoms with Crippen LogP contribution in [-0.4, -0.2) is 42.0 Å². The molecule has 0 bridgehead atoms. The molecular formula is C29H25N3O4S. The Morgan fingerprint density at radius 1 is 1.08 bits per heavy atom. The smallest absolute Gasteiger partial charge is 0.301 e. The summed E-state index contributed by atoms with van der Waals surface area (Å²) in [6.07, 6.45) is 0.763. The molecule has 1 saturated heterocycles. The average molecular weight is 512 g/mol. The zero-order valence-corrected chi connectivity index (χ0v) is 21.5. The van der Waals surface area contributed by atoms with E-state index in [2.05, 4.69) is 4.98 Å². The molecule has 2 atom stereocenters. The highest BCUT2D eigenvalue weighted by atomic mass is 32.1. The first kappa shape index (κ1) is 23.2. The Morgan fingerprint density at radius 2 is 1.84 bits per heavy atom. The minimum Gasteiger partial charge on any atom is -0.507 e. The second kappa shape index (κ2) is 8.74. The SMILES string of the molecule is CC1Cc2cc(/C(O)=C3\C(=O)C(=O)N(c4nc5ccccc5s4)C3c3ccc(N(C)C)cc3)ccc2O1. The standard InChI is InChI=1S/C29H25N3O4S/c1-16-14-19-15-18(10-13-22(19)36-16)26(33)24-25(17-8-11-20(12-9-17)31(2)3)32(28(35)27(24)34)29-30-21-6-4-5-7-23(21)37-29/h4-13,15-16,25,33H,14H2,1-3H3/b26-24+. The van der Waals surface area contributed by atoms with Crippen molar-refractivity contribution < 1.29 is 19.4 Å². The van der Waals surface area contributed by atoms with Crippen LogP contribution >= 0.6 is 11.3 Å². The lowest BCUT2D eigenvalue weighted by molar-refractivity contribution is -0.132. The van der Waals surface area contributed by atoms with Crippen LogP contribution in [-0.2, 0) is 16.0 Å². The number of nitrogens with zero attached hydrogens (tertiary/aromatic N) is 3. The Labute approximate surface area is 218 Å². The van der Waals surface area contributed by atoms with Crippen LogP contribution in [0.15, 0.2) is 72.3 Å². The molecule has 0 radical (unpaired) electrons. The van der Waals surface area contributed by atoms with E-state index in [0.29, 0.717) is 22.7 Å². The van der Waals surface area contributed by atoms with E-state index in [9.17, 15) is 14.7 Å². The van der Waals surface area contributed by atoms with E-state index in [1.807, 2.05) is 80.5 Å². The van der Waals surface area contributed by atoms with Crippen molar-refractivity contribution in [2.24, 2.45) is 0 Å². The van der Waals surface area contributed by atoms with Gasteiger partial charge in [0.1, 0.15) is 17.6 Å². The molecule has 1 fully saturated rings. The number of carbonyl (C=O) groups excluding carboxylic acids is 2. The fourth-order valence-electron chi connectivity index (χ4n) is 4.99. The zero-order chi connectivity index (χ0) is 25.8. The molecule has 1 aromatic heterocycles. The molecule has 0 spiro atoms. The third-order valence-electron chi connectivity index (χ3n) is 6.83. The molecule has 186 valence electrons. The quantitative estimate of drug-likeness (QED) is 0.227. The number of ether oxygens (including phenoxy) is 1. The number of aliphatic hydroxyl groups is 1. The van der Waals surface area contributed by atoms with Gasteiger partial charge in [-0.25, -0.2) is 4.98 Å². The number of hydrogen-bond acceptors (Lipinski definition) is 7. The van der Waals surface area contributed by atoms with Gasteiger partial charge >= 0.3 is 5.91 Å². The van der Waals surface area contributed by atoms with Gasteiger partial charge in [0.25, 0.3) is 5.78 Å². The number of para-hydroxylation sites is 1. The van der Waals surface area contributed by atoms with E-state index in [4.69, 9.17) is 4.74 Å². The third kappa shape index (κ3) is 3.84. The highest BCUT2D eigenvalue weighted by molar-refractivity contribution is 7.22. The largest absolute Gasteiger partial charge is 0.507 e. The van der Waals surface area contributed by atoms with Gasteiger partial charge in [-0.1, -0.05) is 35.6 Å². The zero-order valence-electron chi connectivity index (χ0n) is 20.6. The van der Waals surface area contributed by atoms with Crippen LogP contribution < -0.4 is 14.5 Å². The van der Waals surface area contributed by atoms with Crippen molar-refractivity contribution in [1.82, 2.24) is 4.98 Å². The van der Waals surface area contributed by atoms with Crippen molar-refractivity contribution in [3.8, 4) is 5.75 Å². The maximum Gasteiger partial charge on any atom is 0.301 e. The summed E-state index contributed by atoms with van der Waals surface area (Å²) in [5.41, 5.74) is 3.93. The first-order chi connectivity index (χ1) is 17.8. The van der Waals surface area contributed by atoms with Gasteiger partial charge in [0.15, 0.2) is 5.13 Å². The van der Waals surface area contributed by atoms with E-state index >= 15 is 0 Å². The summed E-state index contributed by atoms with van der Waals surface area (Å²) in [6.45, 7) is 1.99. The van der Waals surface area contributed by atoms with Crippen molar-refractivity contribution in [1.29, 1.82) is 0 Å². The van der Waals surface area contributed by atoms with Crippen molar-refractivity contribution in [3.05, 3.63) is 89.0 Å². The second-order valence-electron chi connectivity index (χ2n) is 9.57. The number of Topliss-reactive ketones (excluding diaryl/α,β-unsaturated/α-hetero) is 1. The van der Waals surface area contributed by atoms with Gasteiger partial charge in [0.2, 0.25) is 0 Å². The molecule has 3 aromatic carbocycles. The first-order valence-corrected chi connectivity index (χ1v) is 12.9. The number of amides is 1. The molecule has 0 aliphatic carbocycles. The number of anilines is 2. The predicted molar refractivity (Wildman–Crippen MR) is 145 cm³/mol. The van der Waals surface area contributed by atoms with Crippen LogP contribution in [0, 0.1) is 0 Å². The van der Waals surface area contributed by atoms with E-state index < -0.39 is 17.7 Å². The molecule has 6 rings (SSSR count). The molecule has 4 aromatic rings. The van der Waals surface area contributed by atoms with E-state index in [1.165, 1.54) is 16.2 Å². The molecule has 1 amide bonds. The van der Waals surface area contributed by atoms with Gasteiger partial charge in [-0.05, 0) is 60.5 Å². The number of ketones is 1. The molecule has 0 saturated carbocycles. The van der Waals surface area contributed by atoms with Crippen molar-refractivity contribution in [3.63, 3.8) is 0 Å². The van der Waals surface area contributed by atoms with Crippen LogP contribution in [0.3, 0.4) is 0 Å². The highest BCUT2D eigenvalue weighted by Crippen LogP contribution is 2.45. The molecule has 2 unspecified atom stereocenters. The number of aromatic nitrogens is 1. The lowest BCUT2D eigenvalue weighted by atomic mass is 9.94. The number of rotatable bonds is 4. The van der Waals surface area contributed by atoms with Crippen molar-refractivity contribution in [2.75, 3.05) is 23.9 Å². The predicted octanol–water partition coefficient (Wildman–Crippen LogP) is 5.31. The number of hydrogen-bond donors (Lipinski definition) is 1. The minimum absolute atomic E-state index is 0.0484. The number of carbonyl (C=O) groups is 2. The summed E-state index contributed by atoms with van der Waals surface area (Å²) in [4.78, 5) is 35.0. The molecule has 7 nitrogen and oxygen atoms in total. The fourth-order valence-corrected chi connectivity index (χ4v) is 5.98. The monoisotopic (exact) mass is 511 g/mol. The average Bonchev–Trinajstić information content (AvgIpc) is 3.56. The normalized spacial score (nSPS) is 20.4. The number of thiazole rings is 1. The summed E-state index contributed by atoms with van der Waals surface area (Å²) >= 11 is 1.35. The maximum atomic E-state index is 13.5. The number of aliphatic hydroxyl groups excluding tert-OH is 1. The molecule has 8 heteroatoms. The highest BCUT2D eigenvalue weighted by Gasteiger charge is 2.48. The van der Waals surface area contributed by atoms with Gasteiger partial charge < -0.3 is 14.7 Å². The van der Waals surface area contributed by atoms with Crippen LogP contribution in [0.4, 0.5) is 10.8 Å². The molecule has 37 heavy (non-hydrogen) atoms. The third-order valence-corrected chi connectivity index (χ3v) is 7.86. The minimum atomic E-state index is -0.819. The van der Waals surface area contributed by atoms with Gasteiger partial charge in [0.05, 0.1) is 21.8 Å². The van der Waals surface area contributed by atoms with E-state index in [1.54, 1.807) is 12.1 Å². The first-order valence-electron chi connectivity index (χ1n) is 12.1. The molecule has 2 aliphatic rings. The molecule has 3 heterocycles. The number of fused-ring (bicyclic) bond motifs is 2. The Kier molecular flexibility index (Phi) is 5.49. The Bertz CT molecular complexity index is 1560. The fraction of sp³-hybridized carbons (Fsp3) is 0.207. The molecular weight excluding hydrogens is 486 g/mol. The second-order valence-corrected chi connectivity index (χ2v) is 10.6. The number of benzene rings is 3. The Balaban J connectivity index is 1.53. The van der Waals surface area contributed by atoms with Gasteiger partial charge in [0, 0.05) is 31.8 Å². The van der Waals surface area contributed by atoms with Crippen LogP contribution in [0.2, 0.25) is 0 Å². The summed E-state index contributed by atoms with van der Waals surface area (Å²) in [7, 11) is 3.89. The summed E-state index contributed by atoms with van der Waals surface area (Å²) in [6, 6.07) is 19.8. The van der Waals surface area contributed by atoms with E-state index in [0.717, 1.165) is 27.2 Å². The summed E-state index contributed by atoms with van der Waals surface area (Å²) < 4.78 is 6.70. The van der Waals surface area contributed by atoms with Crippen LogP contribution in [0.25, 0.3) is 16.0 Å². The molecule has 1 N–H and O–H groups in total. The van der Waals surface area contributed by atoms with Gasteiger partial charge in [-0.3, -0.25) is 14.5 Å². The van der Waals surface area contributed by atoms with E-state index in [-0.39, 0.29) is 17.4 Å². The lowest BCUT2D eigenvalue weighted by Crippen LogP contribution is -2.29. The van der Waals surface area contributed by atoms with Crippen molar-refractivity contribution >= 4 is 49.8 Å². The van der Waals surface area contributed by atoms with Crippen LogP contribution in [0.1, 0.15) is 29.7 Å². The lowest BCUT2D eigenvalue weighted by Gasteiger charge is -2.23. The van der Waals surface area contributed by atoms with Gasteiger partial charge in [-0.15, -0.1) is 0 Å². The summed E-state index contributed by atoms with van der Waals surface area (Å²) in [5.74, 6) is -0.871. The summed E-state index contributed by atoms with van der Waals surface area (Å²) in [5, 5.41) is 11.9. The molecule has 2 aliphatic heterocycles. The Hall–Kier alpha value is -4.17. The Morgan fingerprint density at radius 3 is 2.57 bits per heavy atom. The maximum absolute atomic E-state index is 13.5. The topological polar surface area (TPSA) is 83.0 Å². The van der Waals surface area contributed by atoms with Crippen molar-refractivity contribution in [2.45, 2.75) is 25.5 Å². The van der Waals surface area contributed by atoms with Gasteiger partial charge in [-0.2, -0.15) is 0 Å². The van der Waals surface area contributed by atoms with Crippen LogP contribution in [0.5, 0.6) is 5.75 Å².